The first-order valence-electron chi connectivity index (χ1n) is 12.2. The average molecular weight is 485 g/mol. The number of carbonyl (C=O) groups excluding carboxylic acids is 2. The highest BCUT2D eigenvalue weighted by molar-refractivity contribution is 7.80. The van der Waals surface area contributed by atoms with Gasteiger partial charge in [0.25, 0.3) is 0 Å². The zero-order chi connectivity index (χ0) is 25.3. The van der Waals surface area contributed by atoms with Crippen LogP contribution in [0.2, 0.25) is 0 Å². The Kier molecular flexibility index (Phi) is 25.4. The molecule has 1 heterocycles. The smallest absolute Gasteiger partial charge is 0.325 e. The molecule has 0 unspecified atom stereocenters. The number of carbonyl (C=O) groups is 2. The number of nitrogens with two attached hydrogens (primary N) is 1. The Labute approximate surface area is 207 Å². The quantitative estimate of drug-likeness (QED) is 0.167. The predicted molar refractivity (Wildman–Crippen MR) is 143 cm³/mol. The summed E-state index contributed by atoms with van der Waals surface area (Å²) in [6.07, 6.45) is 4.27. The van der Waals surface area contributed by atoms with Crippen LogP contribution >= 0.6 is 12.6 Å². The molecule has 0 fully saturated rings. The predicted octanol–water partition coefficient (Wildman–Crippen LogP) is 3.02. The lowest BCUT2D eigenvalue weighted by Crippen LogP contribution is -2.40. The Bertz CT molecular complexity index is 589. The van der Waals surface area contributed by atoms with E-state index >= 15 is 0 Å². The van der Waals surface area contributed by atoms with E-state index in [-0.39, 0.29) is 12.6 Å². The third-order valence-corrected chi connectivity index (χ3v) is 5.06. The number of unbranched alkanes of at least 4 members (excludes halogenated alkanes) is 1. The normalized spacial score (nSPS) is 12.8. The van der Waals surface area contributed by atoms with Crippen LogP contribution in [0.3, 0.4) is 0 Å². The van der Waals surface area contributed by atoms with Crippen molar-refractivity contribution in [1.29, 1.82) is 0 Å². The van der Waals surface area contributed by atoms with Crippen LogP contribution < -0.4 is 16.4 Å². The zero-order valence-electron chi connectivity index (χ0n) is 21.4. The number of fused-ring (bicyclic) bond motifs is 1. The second-order valence-electron chi connectivity index (χ2n) is 7.25. The number of ether oxygens (including phenoxy) is 1. The van der Waals surface area contributed by atoms with Gasteiger partial charge in [0.05, 0.1) is 6.61 Å². The summed E-state index contributed by atoms with van der Waals surface area (Å²) >= 11 is 4.18. The number of benzene rings is 1. The second kappa shape index (κ2) is 25.0. The van der Waals surface area contributed by atoms with Crippen molar-refractivity contribution < 1.29 is 14.3 Å². The Morgan fingerprint density at radius 2 is 1.85 bits per heavy atom. The highest BCUT2D eigenvalue weighted by Crippen LogP contribution is 2.17. The van der Waals surface area contributed by atoms with Gasteiger partial charge in [-0.3, -0.25) is 14.5 Å². The molecular formula is C25H48N4O3S. The van der Waals surface area contributed by atoms with Crippen LogP contribution in [0.5, 0.6) is 0 Å². The van der Waals surface area contributed by atoms with Crippen LogP contribution in [0, 0.1) is 0 Å². The molecule has 7 nitrogen and oxygen atoms in total. The summed E-state index contributed by atoms with van der Waals surface area (Å²) in [7, 11) is 0. The molecule has 2 rings (SSSR count). The first-order valence-corrected chi connectivity index (χ1v) is 12.8. The van der Waals surface area contributed by atoms with Crippen molar-refractivity contribution in [1.82, 2.24) is 15.5 Å². The van der Waals surface area contributed by atoms with E-state index in [4.69, 9.17) is 5.73 Å². The standard InChI is InChI=1S/C14H23N3S.C5H9NO3.C4H10.C2H6/c15-14(11-18)9-16-6-8-17-7-5-12-3-1-2-4-13(12)10-17;1-2-9-5(8)3-6-4-7;1-3-4-2;1-2/h1-4,14,16,18H,5-11,15H2;4H,2-3H2,1H3,(H,6,7);3-4H2,1-2H3;1-2H3/t14-;;;/m1.../s1. The molecule has 8 heteroatoms. The fourth-order valence-electron chi connectivity index (χ4n) is 2.67. The van der Waals surface area contributed by atoms with Crippen LogP contribution in [0.1, 0.15) is 58.6 Å². The fraction of sp³-hybridized carbons (Fsp3) is 0.680. The summed E-state index contributed by atoms with van der Waals surface area (Å²) in [4.78, 5) is 22.5. The minimum atomic E-state index is -0.412. The average Bonchev–Trinajstić information content (AvgIpc) is 2.87. The Morgan fingerprint density at radius 3 is 2.39 bits per heavy atom. The number of hydrogen-bond donors (Lipinski definition) is 4. The topological polar surface area (TPSA) is 96.7 Å². The van der Waals surface area contributed by atoms with Gasteiger partial charge < -0.3 is 21.1 Å². The van der Waals surface area contributed by atoms with Crippen LogP contribution in [0.15, 0.2) is 24.3 Å². The van der Waals surface area contributed by atoms with Gasteiger partial charge in [-0.05, 0) is 24.5 Å². The maximum atomic E-state index is 10.4. The van der Waals surface area contributed by atoms with Gasteiger partial charge in [0.2, 0.25) is 6.41 Å². The van der Waals surface area contributed by atoms with Crippen molar-refractivity contribution in [2.24, 2.45) is 5.73 Å². The lowest BCUT2D eigenvalue weighted by molar-refractivity contribution is -0.142. The number of nitrogens with one attached hydrogen (secondary N) is 2. The number of esters is 1. The number of nitrogens with zero attached hydrogens (tertiary/aromatic N) is 1. The Morgan fingerprint density at radius 1 is 1.21 bits per heavy atom. The number of thiol groups is 1. The summed E-state index contributed by atoms with van der Waals surface area (Å²) in [6, 6.07) is 8.92. The van der Waals surface area contributed by atoms with E-state index in [1.165, 1.54) is 30.4 Å². The molecule has 0 saturated carbocycles. The minimum Gasteiger partial charge on any atom is -0.465 e. The van der Waals surface area contributed by atoms with Crippen LogP contribution in [-0.4, -0.2) is 68.4 Å². The van der Waals surface area contributed by atoms with Gasteiger partial charge in [-0.1, -0.05) is 64.8 Å². The summed E-state index contributed by atoms with van der Waals surface area (Å²) in [5.41, 5.74) is 8.80. The molecule has 1 aliphatic rings. The van der Waals surface area contributed by atoms with Crippen molar-refractivity contribution in [2.45, 2.75) is 66.5 Å². The van der Waals surface area contributed by atoms with E-state index in [9.17, 15) is 9.59 Å². The van der Waals surface area contributed by atoms with Crippen molar-refractivity contribution >= 4 is 25.0 Å². The van der Waals surface area contributed by atoms with E-state index < -0.39 is 5.97 Å². The molecule has 0 bridgehead atoms. The molecule has 1 aliphatic heterocycles. The number of amides is 1. The molecule has 0 spiro atoms. The van der Waals surface area contributed by atoms with E-state index in [2.05, 4.69) is 71.0 Å². The second-order valence-corrected chi connectivity index (χ2v) is 7.61. The summed E-state index contributed by atoms with van der Waals surface area (Å²) in [6.45, 7) is 15.6. The zero-order valence-corrected chi connectivity index (χ0v) is 22.3. The largest absolute Gasteiger partial charge is 0.465 e. The van der Waals surface area contributed by atoms with Crippen molar-refractivity contribution in [2.75, 3.05) is 45.1 Å². The molecule has 4 N–H and O–H groups in total. The van der Waals surface area contributed by atoms with Crippen LogP contribution in [0.4, 0.5) is 0 Å². The van der Waals surface area contributed by atoms with Gasteiger partial charge in [0.1, 0.15) is 6.54 Å². The van der Waals surface area contributed by atoms with Gasteiger partial charge in [-0.2, -0.15) is 12.6 Å². The fourth-order valence-corrected chi connectivity index (χ4v) is 2.80. The monoisotopic (exact) mass is 484 g/mol. The maximum absolute atomic E-state index is 10.4. The first kappa shape index (κ1) is 33.6. The molecule has 1 aromatic carbocycles. The summed E-state index contributed by atoms with van der Waals surface area (Å²) < 4.78 is 4.48. The van der Waals surface area contributed by atoms with Crippen molar-refractivity contribution in [3.05, 3.63) is 35.4 Å². The number of rotatable bonds is 11. The van der Waals surface area contributed by atoms with Gasteiger partial charge in [-0.15, -0.1) is 0 Å². The van der Waals surface area contributed by atoms with E-state index in [1.807, 2.05) is 13.8 Å². The molecule has 0 saturated heterocycles. The van der Waals surface area contributed by atoms with Crippen LogP contribution in [0.25, 0.3) is 0 Å². The lowest BCUT2D eigenvalue weighted by Gasteiger charge is -2.28. The lowest BCUT2D eigenvalue weighted by atomic mass is 10.00. The van der Waals surface area contributed by atoms with Crippen molar-refractivity contribution in [3.63, 3.8) is 0 Å². The first-order chi connectivity index (χ1) is 16.0. The summed E-state index contributed by atoms with van der Waals surface area (Å²) in [5.74, 6) is 0.328. The molecule has 192 valence electrons. The van der Waals surface area contributed by atoms with E-state index in [0.717, 1.165) is 38.5 Å². The Balaban J connectivity index is 0. The highest BCUT2D eigenvalue weighted by Gasteiger charge is 2.14. The molecule has 0 aliphatic carbocycles. The van der Waals surface area contributed by atoms with Gasteiger partial charge in [-0.25, -0.2) is 0 Å². The maximum Gasteiger partial charge on any atom is 0.325 e. The minimum absolute atomic E-state index is 0.0443. The third kappa shape index (κ3) is 19.6. The molecule has 0 radical (unpaired) electrons. The summed E-state index contributed by atoms with van der Waals surface area (Å²) in [5, 5.41) is 5.57. The van der Waals surface area contributed by atoms with E-state index in [0.29, 0.717) is 13.0 Å². The van der Waals surface area contributed by atoms with Gasteiger partial charge in [0, 0.05) is 44.5 Å². The Hall–Kier alpha value is -1.61. The van der Waals surface area contributed by atoms with Gasteiger partial charge in [0.15, 0.2) is 0 Å². The highest BCUT2D eigenvalue weighted by atomic mass is 32.1. The van der Waals surface area contributed by atoms with E-state index in [1.54, 1.807) is 6.92 Å². The molecule has 0 aromatic heterocycles. The molecule has 33 heavy (non-hydrogen) atoms. The van der Waals surface area contributed by atoms with Gasteiger partial charge >= 0.3 is 5.97 Å². The molecule has 1 amide bonds. The van der Waals surface area contributed by atoms with Crippen molar-refractivity contribution in [3.8, 4) is 0 Å². The number of hydrogen-bond acceptors (Lipinski definition) is 7. The SMILES string of the molecule is CC.CCCC.CCOC(=O)CNC=O.N[C@@H](CS)CNCCN1CCc2ccccc2C1. The molecule has 1 atom stereocenters. The van der Waals surface area contributed by atoms with Crippen LogP contribution in [-0.2, 0) is 27.3 Å². The third-order valence-electron chi connectivity index (χ3n) is 4.59. The molecule has 1 aromatic rings. The molecular weight excluding hydrogens is 436 g/mol.